The third kappa shape index (κ3) is 1.52. The molecule has 2 N–H and O–H groups in total. The Labute approximate surface area is 124 Å². The highest BCUT2D eigenvalue weighted by Crippen LogP contribution is 2.55. The lowest BCUT2D eigenvalue weighted by Gasteiger charge is -2.35. The molecule has 4 rings (SSSR count). The highest BCUT2D eigenvalue weighted by Gasteiger charge is 2.45. The Morgan fingerprint density at radius 1 is 0.952 bits per heavy atom. The van der Waals surface area contributed by atoms with Crippen LogP contribution in [0.2, 0.25) is 0 Å². The summed E-state index contributed by atoms with van der Waals surface area (Å²) in [5, 5.41) is 9.41. The lowest BCUT2D eigenvalue weighted by Crippen LogP contribution is -2.30. The van der Waals surface area contributed by atoms with Crippen LogP contribution in [0.3, 0.4) is 0 Å². The second-order valence-corrected chi connectivity index (χ2v) is 5.97. The van der Waals surface area contributed by atoms with Crippen LogP contribution in [0, 0.1) is 11.3 Å². The molecule has 2 heteroatoms. The third-order valence-corrected chi connectivity index (χ3v) is 5.00. The molecule has 0 aromatic heterocycles. The first-order valence-corrected chi connectivity index (χ1v) is 7.33. The molecule has 2 aromatic rings. The Bertz CT molecular complexity index is 763. The average Bonchev–Trinajstić information content (AvgIpc) is 2.81. The molecule has 2 aromatic carbocycles. The highest BCUT2D eigenvalue weighted by molar-refractivity contribution is 5.81. The van der Waals surface area contributed by atoms with Crippen LogP contribution in [-0.2, 0) is 5.41 Å². The molecule has 0 saturated carbocycles. The number of nitrogens with two attached hydrogens (primary N) is 1. The molecule has 0 aliphatic heterocycles. The van der Waals surface area contributed by atoms with Crippen LogP contribution in [0.25, 0.3) is 11.1 Å². The fraction of sp³-hybridized carbons (Fsp3) is 0.211. The van der Waals surface area contributed by atoms with E-state index in [9.17, 15) is 5.26 Å². The summed E-state index contributed by atoms with van der Waals surface area (Å²) in [5.74, 6) is 0. The number of benzene rings is 2. The first kappa shape index (κ1) is 12.2. The maximum Gasteiger partial charge on any atom is 0.0965 e. The van der Waals surface area contributed by atoms with Gasteiger partial charge in [-0.05, 0) is 41.5 Å². The van der Waals surface area contributed by atoms with E-state index in [1.807, 2.05) is 0 Å². The second-order valence-electron chi connectivity index (χ2n) is 5.97. The fourth-order valence-electron chi connectivity index (χ4n) is 3.99. The van der Waals surface area contributed by atoms with E-state index in [4.69, 9.17) is 5.73 Å². The van der Waals surface area contributed by atoms with Gasteiger partial charge in [0.1, 0.15) is 0 Å². The van der Waals surface area contributed by atoms with E-state index in [2.05, 4.69) is 54.6 Å². The van der Waals surface area contributed by atoms with Crippen LogP contribution >= 0.6 is 0 Å². The predicted molar refractivity (Wildman–Crippen MR) is 83.3 cm³/mol. The standard InChI is InChI=1S/C19H16N2/c20-12-13-11-19(10-9-18(13)21)16-7-3-1-5-14(16)15-6-2-4-8-17(15)19/h1-8H,9-11,21H2. The first-order chi connectivity index (χ1) is 10.3. The Morgan fingerprint density at radius 3 is 2.10 bits per heavy atom. The minimum Gasteiger partial charge on any atom is -0.401 e. The Morgan fingerprint density at radius 2 is 1.52 bits per heavy atom. The van der Waals surface area contributed by atoms with Gasteiger partial charge in [-0.15, -0.1) is 0 Å². The Kier molecular flexibility index (Phi) is 2.46. The Balaban J connectivity index is 2.00. The average molecular weight is 272 g/mol. The van der Waals surface area contributed by atoms with Crippen molar-refractivity contribution in [2.75, 3.05) is 0 Å². The van der Waals surface area contributed by atoms with Crippen molar-refractivity contribution in [3.05, 3.63) is 70.9 Å². The zero-order valence-electron chi connectivity index (χ0n) is 11.8. The summed E-state index contributed by atoms with van der Waals surface area (Å²) >= 11 is 0. The summed E-state index contributed by atoms with van der Waals surface area (Å²) in [6.07, 6.45) is 2.51. The van der Waals surface area contributed by atoms with Crippen molar-refractivity contribution in [3.63, 3.8) is 0 Å². The van der Waals surface area contributed by atoms with Crippen molar-refractivity contribution >= 4 is 0 Å². The minimum absolute atomic E-state index is 0.0683. The molecule has 2 aliphatic carbocycles. The second kappa shape index (κ2) is 4.23. The zero-order chi connectivity index (χ0) is 14.4. The van der Waals surface area contributed by atoms with Crippen LogP contribution < -0.4 is 5.73 Å². The van der Waals surface area contributed by atoms with Crippen molar-refractivity contribution in [3.8, 4) is 17.2 Å². The molecule has 1 spiro atoms. The van der Waals surface area contributed by atoms with Gasteiger partial charge in [-0.2, -0.15) is 5.26 Å². The normalized spacial score (nSPS) is 18.2. The maximum absolute atomic E-state index is 9.41. The van der Waals surface area contributed by atoms with Gasteiger partial charge in [0.25, 0.3) is 0 Å². The molecule has 0 atom stereocenters. The van der Waals surface area contributed by atoms with Gasteiger partial charge < -0.3 is 5.73 Å². The zero-order valence-corrected chi connectivity index (χ0v) is 11.8. The molecule has 0 heterocycles. The largest absolute Gasteiger partial charge is 0.401 e. The van der Waals surface area contributed by atoms with E-state index in [1.54, 1.807) is 0 Å². The van der Waals surface area contributed by atoms with Crippen LogP contribution in [-0.4, -0.2) is 0 Å². The van der Waals surface area contributed by atoms with Gasteiger partial charge in [0, 0.05) is 16.7 Å². The van der Waals surface area contributed by atoms with Gasteiger partial charge in [-0.1, -0.05) is 48.5 Å². The van der Waals surface area contributed by atoms with Gasteiger partial charge in [0.15, 0.2) is 0 Å². The molecular weight excluding hydrogens is 256 g/mol. The van der Waals surface area contributed by atoms with Crippen LogP contribution in [0.5, 0.6) is 0 Å². The number of hydrogen-bond donors (Lipinski definition) is 1. The lowest BCUT2D eigenvalue weighted by molar-refractivity contribution is 0.455. The fourth-order valence-corrected chi connectivity index (χ4v) is 3.99. The van der Waals surface area contributed by atoms with Crippen molar-refractivity contribution < 1.29 is 0 Å². The quantitative estimate of drug-likeness (QED) is 0.791. The van der Waals surface area contributed by atoms with E-state index >= 15 is 0 Å². The SMILES string of the molecule is N#CC1=C(N)CCC2(C1)c1ccccc1-c1ccccc12. The van der Waals surface area contributed by atoms with Gasteiger partial charge in [-0.3, -0.25) is 0 Å². The van der Waals surface area contributed by atoms with Gasteiger partial charge in [-0.25, -0.2) is 0 Å². The molecule has 0 unspecified atom stereocenters. The van der Waals surface area contributed by atoms with Gasteiger partial charge in [0.05, 0.1) is 6.07 Å². The molecular formula is C19H16N2. The van der Waals surface area contributed by atoms with Crippen LogP contribution in [0.1, 0.15) is 30.4 Å². The summed E-state index contributed by atoms with van der Waals surface area (Å²) in [6.45, 7) is 0. The summed E-state index contributed by atoms with van der Waals surface area (Å²) in [5.41, 5.74) is 12.8. The summed E-state index contributed by atoms with van der Waals surface area (Å²) in [7, 11) is 0. The van der Waals surface area contributed by atoms with Crippen molar-refractivity contribution in [2.24, 2.45) is 5.73 Å². The summed E-state index contributed by atoms with van der Waals surface area (Å²) in [6, 6.07) is 19.5. The number of fused-ring (bicyclic) bond motifs is 5. The lowest BCUT2D eigenvalue weighted by atomic mass is 9.67. The van der Waals surface area contributed by atoms with E-state index in [0.29, 0.717) is 0 Å². The highest BCUT2D eigenvalue weighted by atomic mass is 14.6. The number of hydrogen-bond acceptors (Lipinski definition) is 2. The monoisotopic (exact) mass is 272 g/mol. The molecule has 0 fully saturated rings. The molecule has 21 heavy (non-hydrogen) atoms. The minimum atomic E-state index is -0.0683. The van der Waals surface area contributed by atoms with Gasteiger partial charge in [0.2, 0.25) is 0 Å². The number of rotatable bonds is 0. The molecule has 0 bridgehead atoms. The third-order valence-electron chi connectivity index (χ3n) is 5.00. The van der Waals surface area contributed by atoms with Crippen molar-refractivity contribution in [2.45, 2.75) is 24.7 Å². The number of nitrogens with zero attached hydrogens (tertiary/aromatic N) is 1. The molecule has 102 valence electrons. The Hall–Kier alpha value is -2.53. The molecule has 2 aliphatic rings. The maximum atomic E-state index is 9.41. The van der Waals surface area contributed by atoms with Gasteiger partial charge >= 0.3 is 0 Å². The first-order valence-electron chi connectivity index (χ1n) is 7.33. The summed E-state index contributed by atoms with van der Waals surface area (Å²) < 4.78 is 0. The number of allylic oxidation sites excluding steroid dienone is 2. The van der Waals surface area contributed by atoms with Crippen molar-refractivity contribution in [1.82, 2.24) is 0 Å². The van der Waals surface area contributed by atoms with E-state index in [0.717, 1.165) is 30.5 Å². The number of nitriles is 1. The van der Waals surface area contributed by atoms with Crippen LogP contribution in [0.15, 0.2) is 59.8 Å². The molecule has 0 amide bonds. The molecule has 0 radical (unpaired) electrons. The van der Waals surface area contributed by atoms with Crippen molar-refractivity contribution in [1.29, 1.82) is 5.26 Å². The summed E-state index contributed by atoms with van der Waals surface area (Å²) in [4.78, 5) is 0. The topological polar surface area (TPSA) is 49.8 Å². The molecule has 0 saturated heterocycles. The van der Waals surface area contributed by atoms with E-state index in [1.165, 1.54) is 22.3 Å². The molecule has 2 nitrogen and oxygen atoms in total. The smallest absolute Gasteiger partial charge is 0.0965 e. The predicted octanol–water partition coefficient (Wildman–Crippen LogP) is 3.87. The van der Waals surface area contributed by atoms with E-state index in [-0.39, 0.29) is 5.41 Å². The van der Waals surface area contributed by atoms with Crippen LogP contribution in [0.4, 0.5) is 0 Å². The van der Waals surface area contributed by atoms with E-state index < -0.39 is 0 Å².